The van der Waals surface area contributed by atoms with E-state index in [0.717, 1.165) is 5.75 Å². The highest BCUT2D eigenvalue weighted by atomic mass is 16.6. The lowest BCUT2D eigenvalue weighted by atomic mass is 10.3. The monoisotopic (exact) mass is 1240 g/mol. The largest absolute Gasteiger partial charge is 0.491 e. The minimum Gasteiger partial charge on any atom is -0.491 e. The topological polar surface area (TPSA) is 376 Å². The minimum atomic E-state index is -0.615. The number of rotatable bonds is 43. The maximum Gasteiger partial charge on any atom is 0.291 e. The maximum atomic E-state index is 13.2. The van der Waals surface area contributed by atoms with Gasteiger partial charge in [0, 0.05) is 122 Å². The van der Waals surface area contributed by atoms with Gasteiger partial charge in [-0.25, -0.2) is 15.0 Å². The molecular weight excluding hydrogens is 1160 g/mol. The molecule has 32 nitrogen and oxygen atoms in total. The van der Waals surface area contributed by atoms with Crippen molar-refractivity contribution in [3.05, 3.63) is 91.1 Å². The van der Waals surface area contributed by atoms with E-state index >= 15 is 0 Å². The summed E-state index contributed by atoms with van der Waals surface area (Å²) in [5.41, 5.74) is 7.11. The second kappa shape index (κ2) is 37.6. The summed E-state index contributed by atoms with van der Waals surface area (Å²) in [6.45, 7) is 7.25. The first-order chi connectivity index (χ1) is 43.0. The number of nitrogens with one attached hydrogen (secondary N) is 7. The lowest BCUT2D eigenvalue weighted by molar-refractivity contribution is -0.121. The average molecular weight is 1250 g/mol. The molecule has 0 aliphatic rings. The summed E-state index contributed by atoms with van der Waals surface area (Å²) in [6, 6.07) is 10.3. The molecule has 0 saturated carbocycles. The lowest BCUT2D eigenvalue weighted by Gasteiger charge is -2.09. The number of amides is 7. The number of aryl methyl sites for hydroxylation is 5. The number of nitrogens with zero attached hydrogens (tertiary/aromatic N) is 8. The number of hydrogen-bond donors (Lipinski definition) is 8. The van der Waals surface area contributed by atoms with Crippen molar-refractivity contribution in [1.29, 1.82) is 0 Å². The van der Waals surface area contributed by atoms with Crippen LogP contribution in [-0.4, -0.2) is 198 Å². The smallest absolute Gasteiger partial charge is 0.291 e. The van der Waals surface area contributed by atoms with Crippen LogP contribution in [0.5, 0.6) is 5.75 Å². The van der Waals surface area contributed by atoms with Gasteiger partial charge in [-0.2, -0.15) is 0 Å². The van der Waals surface area contributed by atoms with Crippen molar-refractivity contribution in [3.63, 3.8) is 0 Å². The van der Waals surface area contributed by atoms with Crippen LogP contribution >= 0.6 is 0 Å². The first-order valence-corrected chi connectivity index (χ1v) is 28.6. The lowest BCUT2D eigenvalue weighted by Crippen LogP contribution is -2.29. The Morgan fingerprint density at radius 1 is 0.416 bits per heavy atom. The van der Waals surface area contributed by atoms with Crippen molar-refractivity contribution in [3.8, 4) is 5.75 Å². The second-order valence-electron chi connectivity index (χ2n) is 19.6. The highest BCUT2D eigenvalue weighted by molar-refractivity contribution is 6.04. The molecule has 0 radical (unpaired) electrons. The molecule has 0 aliphatic heterocycles. The second-order valence-corrected chi connectivity index (χ2v) is 19.6. The number of ether oxygens (including phenoxy) is 9. The van der Waals surface area contributed by atoms with Gasteiger partial charge in [-0.15, -0.1) is 0 Å². The number of nitrogens with two attached hydrogens (primary N) is 1. The Morgan fingerprint density at radius 2 is 0.787 bits per heavy atom. The maximum absolute atomic E-state index is 13.2. The number of hydrogen-bond acceptors (Lipinski definition) is 20. The number of nitrogen functional groups attached to an aromatic ring is 1. The molecule has 7 amide bonds. The molecule has 89 heavy (non-hydrogen) atoms. The number of anilines is 7. The SMILES string of the molecule is Cn1cc(NC(=O)c2nc(NC(=O)CCC(=O)Nc3cc(NC(=O)c4nccn4C)cn3C)cn2C)cc1NC(=O)CCC(=O)Nc1cn(C)c(C(=O)NCCOCCOCCOCCOCCOCCOCCOCCOCCOc2ccc(N)cc2)n1. The molecule has 1 aromatic carbocycles. The van der Waals surface area contributed by atoms with Crippen molar-refractivity contribution >= 4 is 81.7 Å². The van der Waals surface area contributed by atoms with Crippen molar-refractivity contribution < 1.29 is 76.2 Å². The Balaban J connectivity index is 0.724. The zero-order valence-electron chi connectivity index (χ0n) is 50.7. The molecule has 0 saturated heterocycles. The number of carbonyl (C=O) groups excluding carboxylic acids is 7. The molecule has 0 fully saturated rings. The summed E-state index contributed by atoms with van der Waals surface area (Å²) in [5, 5.41) is 18.8. The van der Waals surface area contributed by atoms with Crippen molar-refractivity contribution in [2.45, 2.75) is 25.7 Å². The fourth-order valence-corrected chi connectivity index (χ4v) is 7.96. The van der Waals surface area contributed by atoms with Crippen LogP contribution in [0.2, 0.25) is 0 Å². The predicted molar refractivity (Wildman–Crippen MR) is 325 cm³/mol. The summed E-state index contributed by atoms with van der Waals surface area (Å²) in [5.74, 6) is -1.57. The van der Waals surface area contributed by atoms with Crippen LogP contribution in [0.25, 0.3) is 0 Å². The summed E-state index contributed by atoms with van der Waals surface area (Å²) < 4.78 is 57.3. The molecular formula is C57H80N16O16. The van der Waals surface area contributed by atoms with Gasteiger partial charge < -0.3 is 108 Å². The van der Waals surface area contributed by atoms with Gasteiger partial charge in [0.05, 0.1) is 117 Å². The summed E-state index contributed by atoms with van der Waals surface area (Å²) >= 11 is 0. The van der Waals surface area contributed by atoms with Crippen LogP contribution in [0.4, 0.5) is 40.3 Å². The Morgan fingerprint density at radius 3 is 1.19 bits per heavy atom. The van der Waals surface area contributed by atoms with E-state index in [0.29, 0.717) is 134 Å². The van der Waals surface area contributed by atoms with Crippen molar-refractivity contribution in [2.24, 2.45) is 35.2 Å². The van der Waals surface area contributed by atoms with E-state index in [-0.39, 0.29) is 67.9 Å². The molecule has 6 rings (SSSR count). The third-order valence-corrected chi connectivity index (χ3v) is 12.4. The van der Waals surface area contributed by atoms with Crippen LogP contribution in [0.3, 0.4) is 0 Å². The molecule has 0 atom stereocenters. The van der Waals surface area contributed by atoms with E-state index in [2.05, 4.69) is 52.2 Å². The van der Waals surface area contributed by atoms with Gasteiger partial charge in [-0.05, 0) is 24.3 Å². The molecule has 0 spiro atoms. The van der Waals surface area contributed by atoms with Crippen molar-refractivity contribution in [1.82, 2.24) is 43.1 Å². The van der Waals surface area contributed by atoms with Crippen LogP contribution in [-0.2, 0) is 92.3 Å². The molecule has 5 heterocycles. The highest BCUT2D eigenvalue weighted by Gasteiger charge is 2.20. The van der Waals surface area contributed by atoms with E-state index in [9.17, 15) is 33.6 Å². The van der Waals surface area contributed by atoms with Gasteiger partial charge in [-0.1, -0.05) is 0 Å². The Labute approximate surface area is 513 Å². The molecule has 484 valence electrons. The molecule has 0 bridgehead atoms. The molecule has 0 aliphatic carbocycles. The number of aromatic nitrogens is 8. The fraction of sp³-hybridized carbons (Fsp3) is 0.474. The van der Waals surface area contributed by atoms with Gasteiger partial charge in [0.25, 0.3) is 17.7 Å². The van der Waals surface area contributed by atoms with Crippen LogP contribution in [0, 0.1) is 0 Å². The quantitative estimate of drug-likeness (QED) is 0.0201. The number of benzene rings is 1. The first-order valence-electron chi connectivity index (χ1n) is 28.6. The summed E-state index contributed by atoms with van der Waals surface area (Å²) in [4.78, 5) is 102. The average Bonchev–Trinajstić information content (AvgIpc) is 2.39. The normalized spacial score (nSPS) is 11.1. The van der Waals surface area contributed by atoms with E-state index in [4.69, 9.17) is 48.4 Å². The van der Waals surface area contributed by atoms with Gasteiger partial charge in [-0.3, -0.25) is 33.6 Å². The highest BCUT2D eigenvalue weighted by Crippen LogP contribution is 2.21. The first kappa shape index (κ1) is 69.1. The Bertz CT molecular complexity index is 3210. The molecule has 32 heteroatoms. The summed E-state index contributed by atoms with van der Waals surface area (Å²) in [6.07, 6.45) is 8.49. The zero-order valence-corrected chi connectivity index (χ0v) is 50.7. The zero-order chi connectivity index (χ0) is 63.8. The van der Waals surface area contributed by atoms with Gasteiger partial charge in [0.1, 0.15) is 24.0 Å². The van der Waals surface area contributed by atoms with E-state index < -0.39 is 41.4 Å². The summed E-state index contributed by atoms with van der Waals surface area (Å²) in [7, 11) is 8.19. The molecule has 6 aromatic rings. The van der Waals surface area contributed by atoms with Gasteiger partial charge in [0.2, 0.25) is 35.3 Å². The Hall–Kier alpha value is -9.02. The van der Waals surface area contributed by atoms with Crippen LogP contribution < -0.4 is 47.7 Å². The van der Waals surface area contributed by atoms with E-state index in [1.165, 1.54) is 33.8 Å². The molecule has 0 unspecified atom stereocenters. The third kappa shape index (κ3) is 25.3. The van der Waals surface area contributed by atoms with Crippen LogP contribution in [0.15, 0.2) is 73.6 Å². The minimum absolute atomic E-state index is 0.0408. The molecule has 9 N–H and O–H groups in total. The van der Waals surface area contributed by atoms with Gasteiger partial charge in [0.15, 0.2) is 17.5 Å². The molecule has 5 aromatic heterocycles. The third-order valence-electron chi connectivity index (χ3n) is 12.4. The fourth-order valence-electron chi connectivity index (χ4n) is 7.96. The van der Waals surface area contributed by atoms with Crippen molar-refractivity contribution in [2.75, 3.05) is 156 Å². The number of imidazole rings is 3. The van der Waals surface area contributed by atoms with E-state index in [1.807, 2.05) is 12.1 Å². The predicted octanol–water partition coefficient (Wildman–Crippen LogP) is 2.31. The van der Waals surface area contributed by atoms with Crippen LogP contribution in [0.1, 0.15) is 57.5 Å². The Kier molecular flexibility index (Phi) is 29.2. The van der Waals surface area contributed by atoms with Gasteiger partial charge >= 0.3 is 0 Å². The number of carbonyl (C=O) groups is 7. The van der Waals surface area contributed by atoms with E-state index in [1.54, 1.807) is 85.7 Å². The standard InChI is InChI=1S/C57H80N16O16/c1-69-16-14-59-52(69)56(79)61-41-34-46(70(2)36-41)67-50(76)13-11-49(75)64-45-39-73(5)54(66-45)57(80)62-42-35-47(71(3)37-42)68-51(77)12-10-48(74)63-44-38-72(4)53(65-44)55(78)60-15-17-81-18-19-82-20-21-83-22-23-84-24-25-85-26-27-86-28-29-87-30-31-88-32-33-89-43-8-6-40(58)7-9-43/h6-9,14,16,34-39H,10-13,15,17-33,58H2,1-5H3,(H,60,78)(H,61,79)(H,62,80)(H,63,74)(H,64,75)(H,67,76)(H,68,77).